The molecule has 1 saturated heterocycles. The average molecular weight is 206 g/mol. The Labute approximate surface area is 90.6 Å². The minimum Gasteiger partial charge on any atom is -0.496 e. The van der Waals surface area contributed by atoms with Crippen molar-refractivity contribution < 1.29 is 4.74 Å². The van der Waals surface area contributed by atoms with Gasteiger partial charge in [0.2, 0.25) is 0 Å². The molecule has 0 radical (unpaired) electrons. The zero-order valence-electron chi connectivity index (χ0n) is 9.07. The van der Waals surface area contributed by atoms with Crippen LogP contribution in [0.25, 0.3) is 0 Å². The van der Waals surface area contributed by atoms with Crippen molar-refractivity contribution in [3.05, 3.63) is 29.8 Å². The van der Waals surface area contributed by atoms with Crippen LogP contribution in [0.2, 0.25) is 0 Å². The first-order valence-corrected chi connectivity index (χ1v) is 5.42. The van der Waals surface area contributed by atoms with Crippen molar-refractivity contribution in [3.8, 4) is 5.75 Å². The number of piperidine rings is 1. The Morgan fingerprint density at radius 2 is 2.20 bits per heavy atom. The zero-order valence-corrected chi connectivity index (χ0v) is 9.07. The van der Waals surface area contributed by atoms with Crippen molar-refractivity contribution >= 4 is 0 Å². The Balaban J connectivity index is 2.26. The molecule has 0 spiro atoms. The highest BCUT2D eigenvalue weighted by Gasteiger charge is 2.25. The highest BCUT2D eigenvalue weighted by molar-refractivity contribution is 5.37. The molecular formula is C12H18N2O. The summed E-state index contributed by atoms with van der Waals surface area (Å²) in [5.74, 6) is 1.32. The summed E-state index contributed by atoms with van der Waals surface area (Å²) in [4.78, 5) is 0. The maximum absolute atomic E-state index is 6.14. The lowest BCUT2D eigenvalue weighted by atomic mass is 9.87. The molecule has 1 fully saturated rings. The van der Waals surface area contributed by atoms with Gasteiger partial charge in [-0.25, -0.2) is 0 Å². The second-order valence-electron chi connectivity index (χ2n) is 4.01. The van der Waals surface area contributed by atoms with Gasteiger partial charge in [0.25, 0.3) is 0 Å². The Morgan fingerprint density at radius 3 is 2.93 bits per heavy atom. The largest absolute Gasteiger partial charge is 0.496 e. The molecule has 3 nitrogen and oxygen atoms in total. The number of nitrogens with one attached hydrogen (secondary N) is 1. The summed E-state index contributed by atoms with van der Waals surface area (Å²) in [6.45, 7) is 1.97. The van der Waals surface area contributed by atoms with Gasteiger partial charge < -0.3 is 15.8 Å². The molecule has 1 aromatic carbocycles. The minimum atomic E-state index is 0.238. The third-order valence-electron chi connectivity index (χ3n) is 3.07. The SMILES string of the molecule is COc1ccccc1C1CNCCC1N. The van der Waals surface area contributed by atoms with Crippen LogP contribution in [-0.4, -0.2) is 26.2 Å². The van der Waals surface area contributed by atoms with Gasteiger partial charge in [0, 0.05) is 24.1 Å². The Bertz CT molecular complexity index is 327. The molecule has 1 aliphatic heterocycles. The van der Waals surface area contributed by atoms with Crippen molar-refractivity contribution in [2.45, 2.75) is 18.4 Å². The number of nitrogens with two attached hydrogens (primary N) is 1. The number of para-hydroxylation sites is 1. The molecule has 2 rings (SSSR count). The molecule has 1 heterocycles. The van der Waals surface area contributed by atoms with Gasteiger partial charge in [-0.2, -0.15) is 0 Å². The molecule has 1 aromatic rings. The maximum Gasteiger partial charge on any atom is 0.122 e. The van der Waals surface area contributed by atoms with E-state index in [-0.39, 0.29) is 6.04 Å². The Kier molecular flexibility index (Phi) is 3.23. The highest BCUT2D eigenvalue weighted by Crippen LogP contribution is 2.29. The fourth-order valence-corrected chi connectivity index (χ4v) is 2.19. The summed E-state index contributed by atoms with van der Waals surface area (Å²) >= 11 is 0. The van der Waals surface area contributed by atoms with E-state index in [2.05, 4.69) is 11.4 Å². The number of methoxy groups -OCH3 is 1. The molecule has 1 aliphatic rings. The number of rotatable bonds is 2. The van der Waals surface area contributed by atoms with Gasteiger partial charge in [-0.3, -0.25) is 0 Å². The van der Waals surface area contributed by atoms with Gasteiger partial charge >= 0.3 is 0 Å². The molecule has 0 bridgehead atoms. The fourth-order valence-electron chi connectivity index (χ4n) is 2.19. The van der Waals surface area contributed by atoms with E-state index in [1.54, 1.807) is 7.11 Å². The van der Waals surface area contributed by atoms with Gasteiger partial charge in [0.05, 0.1) is 7.11 Å². The molecule has 82 valence electrons. The van der Waals surface area contributed by atoms with Crippen molar-refractivity contribution in [3.63, 3.8) is 0 Å². The molecule has 0 aliphatic carbocycles. The topological polar surface area (TPSA) is 47.3 Å². The fraction of sp³-hybridized carbons (Fsp3) is 0.500. The van der Waals surface area contributed by atoms with Crippen molar-refractivity contribution in [1.29, 1.82) is 0 Å². The maximum atomic E-state index is 6.14. The zero-order chi connectivity index (χ0) is 10.7. The molecule has 0 aromatic heterocycles. The van der Waals surface area contributed by atoms with E-state index in [1.807, 2.05) is 18.2 Å². The van der Waals surface area contributed by atoms with Crippen molar-refractivity contribution in [2.24, 2.45) is 5.73 Å². The van der Waals surface area contributed by atoms with Crippen LogP contribution in [0.5, 0.6) is 5.75 Å². The van der Waals surface area contributed by atoms with E-state index in [4.69, 9.17) is 10.5 Å². The molecule has 15 heavy (non-hydrogen) atoms. The summed E-state index contributed by atoms with van der Waals surface area (Å²) in [6, 6.07) is 8.37. The third-order valence-corrected chi connectivity index (χ3v) is 3.07. The van der Waals surface area contributed by atoms with E-state index in [9.17, 15) is 0 Å². The Hall–Kier alpha value is -1.06. The number of benzene rings is 1. The van der Waals surface area contributed by atoms with Gasteiger partial charge in [0.1, 0.15) is 5.75 Å². The predicted octanol–water partition coefficient (Wildman–Crippen LogP) is 1.10. The van der Waals surface area contributed by atoms with E-state index >= 15 is 0 Å². The van der Waals surface area contributed by atoms with Crippen molar-refractivity contribution in [2.75, 3.05) is 20.2 Å². The first kappa shape index (κ1) is 10.5. The summed E-state index contributed by atoms with van der Waals surface area (Å²) in [5.41, 5.74) is 7.36. The van der Waals surface area contributed by atoms with Crippen LogP contribution in [0.15, 0.2) is 24.3 Å². The van der Waals surface area contributed by atoms with Gasteiger partial charge in [-0.05, 0) is 19.0 Å². The summed E-state index contributed by atoms with van der Waals surface area (Å²) in [5, 5.41) is 3.38. The standard InChI is InChI=1S/C12H18N2O/c1-15-12-5-3-2-4-9(12)10-8-14-7-6-11(10)13/h2-5,10-11,14H,6-8,13H2,1H3. The second-order valence-corrected chi connectivity index (χ2v) is 4.01. The van der Waals surface area contributed by atoms with Crippen LogP contribution in [0, 0.1) is 0 Å². The molecule has 0 saturated carbocycles. The molecule has 0 amide bonds. The normalized spacial score (nSPS) is 26.3. The van der Waals surface area contributed by atoms with Crippen molar-refractivity contribution in [1.82, 2.24) is 5.32 Å². The summed E-state index contributed by atoms with van der Waals surface area (Å²) in [6.07, 6.45) is 1.03. The summed E-state index contributed by atoms with van der Waals surface area (Å²) in [7, 11) is 1.71. The first-order valence-electron chi connectivity index (χ1n) is 5.42. The van der Waals surface area contributed by atoms with Crippen LogP contribution in [-0.2, 0) is 0 Å². The van der Waals surface area contributed by atoms with E-state index in [0.29, 0.717) is 5.92 Å². The smallest absolute Gasteiger partial charge is 0.122 e. The molecule has 2 unspecified atom stereocenters. The van der Waals surface area contributed by atoms with E-state index in [1.165, 1.54) is 5.56 Å². The number of hydrogen-bond donors (Lipinski definition) is 2. The lowest BCUT2D eigenvalue weighted by molar-refractivity contribution is 0.371. The van der Waals surface area contributed by atoms with Gasteiger partial charge in [-0.1, -0.05) is 18.2 Å². The minimum absolute atomic E-state index is 0.238. The molecular weight excluding hydrogens is 188 g/mol. The summed E-state index contributed by atoms with van der Waals surface area (Å²) < 4.78 is 5.36. The second kappa shape index (κ2) is 4.64. The first-order chi connectivity index (χ1) is 7.33. The van der Waals surface area contributed by atoms with Crippen LogP contribution >= 0.6 is 0 Å². The Morgan fingerprint density at radius 1 is 1.40 bits per heavy atom. The number of ether oxygens (including phenoxy) is 1. The monoisotopic (exact) mass is 206 g/mol. The molecule has 2 atom stereocenters. The lowest BCUT2D eigenvalue weighted by Gasteiger charge is -2.30. The quantitative estimate of drug-likeness (QED) is 0.761. The number of hydrogen-bond acceptors (Lipinski definition) is 3. The van der Waals surface area contributed by atoms with Crippen LogP contribution in [0.1, 0.15) is 17.9 Å². The molecule has 3 heteroatoms. The predicted molar refractivity (Wildman–Crippen MR) is 61.2 cm³/mol. The van der Waals surface area contributed by atoms with Crippen LogP contribution in [0.3, 0.4) is 0 Å². The highest BCUT2D eigenvalue weighted by atomic mass is 16.5. The molecule has 3 N–H and O–H groups in total. The van der Waals surface area contributed by atoms with Gasteiger partial charge in [-0.15, -0.1) is 0 Å². The van der Waals surface area contributed by atoms with Gasteiger partial charge in [0.15, 0.2) is 0 Å². The van der Waals surface area contributed by atoms with E-state index in [0.717, 1.165) is 25.3 Å². The average Bonchev–Trinajstić information content (AvgIpc) is 2.30. The third kappa shape index (κ3) is 2.13. The van der Waals surface area contributed by atoms with E-state index < -0.39 is 0 Å². The van der Waals surface area contributed by atoms with Crippen LogP contribution < -0.4 is 15.8 Å². The lowest BCUT2D eigenvalue weighted by Crippen LogP contribution is -2.43. The van der Waals surface area contributed by atoms with Crippen LogP contribution in [0.4, 0.5) is 0 Å².